The predicted molar refractivity (Wildman–Crippen MR) is 137 cm³/mol. The standard InChI is InChI=1S/C26H29BrN4O/c1-6-17(2)24-29-22-12-11-19(27)13-21(22)25(32)31(24)28-14-18-15-30(16-26(3,4)5)23-10-8-7-9-20(18)23/h7-15,17H,6,16H2,1-5H3/t17-/m0/s1. The summed E-state index contributed by atoms with van der Waals surface area (Å²) in [7, 11) is 0. The first-order valence-corrected chi connectivity index (χ1v) is 11.8. The molecule has 0 saturated heterocycles. The molecule has 2 aromatic heterocycles. The van der Waals surface area contributed by atoms with Crippen molar-refractivity contribution in [2.24, 2.45) is 10.5 Å². The van der Waals surface area contributed by atoms with Crippen LogP contribution >= 0.6 is 15.9 Å². The summed E-state index contributed by atoms with van der Waals surface area (Å²) < 4.78 is 4.59. The van der Waals surface area contributed by atoms with Gasteiger partial charge in [0.05, 0.1) is 17.1 Å². The average molecular weight is 493 g/mol. The number of nitrogens with zero attached hydrogens (tertiary/aromatic N) is 4. The van der Waals surface area contributed by atoms with Crippen molar-refractivity contribution >= 4 is 44.0 Å². The van der Waals surface area contributed by atoms with Gasteiger partial charge in [-0.05, 0) is 36.1 Å². The molecule has 0 N–H and O–H groups in total. The van der Waals surface area contributed by atoms with Gasteiger partial charge >= 0.3 is 0 Å². The highest BCUT2D eigenvalue weighted by Gasteiger charge is 2.17. The van der Waals surface area contributed by atoms with E-state index in [1.165, 1.54) is 10.2 Å². The molecule has 166 valence electrons. The number of fused-ring (bicyclic) bond motifs is 2. The normalized spacial score (nSPS) is 13.4. The summed E-state index contributed by atoms with van der Waals surface area (Å²) in [6, 6.07) is 13.9. The van der Waals surface area contributed by atoms with Crippen LogP contribution in [0.4, 0.5) is 0 Å². The van der Waals surface area contributed by atoms with Gasteiger partial charge in [-0.1, -0.05) is 68.7 Å². The van der Waals surface area contributed by atoms with E-state index in [1.807, 2.05) is 24.3 Å². The fourth-order valence-electron chi connectivity index (χ4n) is 3.92. The molecule has 0 fully saturated rings. The van der Waals surface area contributed by atoms with Gasteiger partial charge in [-0.3, -0.25) is 4.79 Å². The first-order valence-electron chi connectivity index (χ1n) is 11.0. The van der Waals surface area contributed by atoms with Crippen molar-refractivity contribution in [3.8, 4) is 0 Å². The number of para-hydroxylation sites is 1. The quantitative estimate of drug-likeness (QED) is 0.296. The van der Waals surface area contributed by atoms with Gasteiger partial charge in [0.2, 0.25) is 0 Å². The molecule has 0 radical (unpaired) electrons. The van der Waals surface area contributed by atoms with Gasteiger partial charge in [0.25, 0.3) is 5.56 Å². The predicted octanol–water partition coefficient (Wildman–Crippen LogP) is 6.56. The van der Waals surface area contributed by atoms with E-state index in [2.05, 4.69) is 84.6 Å². The highest BCUT2D eigenvalue weighted by molar-refractivity contribution is 9.10. The van der Waals surface area contributed by atoms with Crippen LogP contribution < -0.4 is 5.56 Å². The Morgan fingerprint density at radius 1 is 1.16 bits per heavy atom. The Kier molecular flexibility index (Phi) is 6.08. The van der Waals surface area contributed by atoms with E-state index in [0.29, 0.717) is 16.7 Å². The first kappa shape index (κ1) is 22.5. The molecule has 5 nitrogen and oxygen atoms in total. The Labute approximate surface area is 196 Å². The Morgan fingerprint density at radius 2 is 1.91 bits per heavy atom. The number of hydrogen-bond acceptors (Lipinski definition) is 3. The summed E-state index contributed by atoms with van der Waals surface area (Å²) in [6.45, 7) is 11.8. The maximum absolute atomic E-state index is 13.4. The lowest BCUT2D eigenvalue weighted by Crippen LogP contribution is -2.23. The van der Waals surface area contributed by atoms with Gasteiger partial charge in [-0.15, -0.1) is 0 Å². The molecule has 0 spiro atoms. The Balaban J connectivity index is 1.88. The second kappa shape index (κ2) is 8.66. The van der Waals surface area contributed by atoms with E-state index in [1.54, 1.807) is 6.21 Å². The van der Waals surface area contributed by atoms with Crippen LogP contribution in [0, 0.1) is 5.41 Å². The zero-order valence-electron chi connectivity index (χ0n) is 19.3. The largest absolute Gasteiger partial charge is 0.346 e. The fourth-order valence-corrected chi connectivity index (χ4v) is 4.28. The highest BCUT2D eigenvalue weighted by atomic mass is 79.9. The van der Waals surface area contributed by atoms with E-state index < -0.39 is 0 Å². The van der Waals surface area contributed by atoms with Crippen LogP contribution in [0.15, 0.2) is 63.0 Å². The summed E-state index contributed by atoms with van der Waals surface area (Å²) in [4.78, 5) is 18.2. The van der Waals surface area contributed by atoms with Gasteiger partial charge in [0, 0.05) is 39.6 Å². The van der Waals surface area contributed by atoms with Crippen LogP contribution in [-0.2, 0) is 6.54 Å². The number of halogens is 1. The monoisotopic (exact) mass is 492 g/mol. The van der Waals surface area contributed by atoms with Crippen LogP contribution in [0.3, 0.4) is 0 Å². The van der Waals surface area contributed by atoms with Crippen LogP contribution in [0.2, 0.25) is 0 Å². The van der Waals surface area contributed by atoms with Gasteiger partial charge in [-0.25, -0.2) is 4.98 Å². The zero-order chi connectivity index (χ0) is 23.0. The molecule has 0 amide bonds. The second-order valence-corrected chi connectivity index (χ2v) is 10.5. The van der Waals surface area contributed by atoms with Gasteiger partial charge < -0.3 is 4.57 Å². The molecule has 4 rings (SSSR count). The number of rotatable bonds is 5. The molecule has 0 saturated carbocycles. The van der Waals surface area contributed by atoms with E-state index >= 15 is 0 Å². The van der Waals surface area contributed by atoms with Crippen molar-refractivity contribution in [3.05, 3.63) is 74.9 Å². The third-order valence-corrected chi connectivity index (χ3v) is 6.16. The van der Waals surface area contributed by atoms with Gasteiger partial charge in [0.1, 0.15) is 5.82 Å². The summed E-state index contributed by atoms with van der Waals surface area (Å²) in [6.07, 6.45) is 4.79. The smallest absolute Gasteiger partial charge is 0.282 e. The van der Waals surface area contributed by atoms with E-state index in [9.17, 15) is 4.79 Å². The van der Waals surface area contributed by atoms with Crippen molar-refractivity contribution in [1.82, 2.24) is 14.2 Å². The molecule has 32 heavy (non-hydrogen) atoms. The van der Waals surface area contributed by atoms with E-state index in [0.717, 1.165) is 28.4 Å². The topological polar surface area (TPSA) is 52.2 Å². The first-order chi connectivity index (χ1) is 15.2. The summed E-state index contributed by atoms with van der Waals surface area (Å²) in [5.41, 5.74) is 2.84. The molecule has 2 heterocycles. The maximum Gasteiger partial charge on any atom is 0.282 e. The molecule has 2 aromatic carbocycles. The molecule has 0 aliphatic carbocycles. The van der Waals surface area contributed by atoms with Gasteiger partial charge in [-0.2, -0.15) is 9.78 Å². The minimum absolute atomic E-state index is 0.107. The van der Waals surface area contributed by atoms with Crippen LogP contribution in [0.25, 0.3) is 21.8 Å². The van der Waals surface area contributed by atoms with Crippen LogP contribution in [0.1, 0.15) is 58.3 Å². The van der Waals surface area contributed by atoms with Crippen molar-refractivity contribution in [1.29, 1.82) is 0 Å². The lowest BCUT2D eigenvalue weighted by molar-refractivity contribution is 0.349. The maximum atomic E-state index is 13.4. The lowest BCUT2D eigenvalue weighted by Gasteiger charge is -2.19. The van der Waals surface area contributed by atoms with Crippen molar-refractivity contribution < 1.29 is 0 Å². The summed E-state index contributed by atoms with van der Waals surface area (Å²) >= 11 is 3.46. The molecule has 0 aliphatic rings. The Bertz CT molecular complexity index is 1370. The lowest BCUT2D eigenvalue weighted by atomic mass is 9.97. The van der Waals surface area contributed by atoms with E-state index in [-0.39, 0.29) is 16.9 Å². The minimum Gasteiger partial charge on any atom is -0.346 e. The van der Waals surface area contributed by atoms with Gasteiger partial charge in [0.15, 0.2) is 0 Å². The third kappa shape index (κ3) is 4.42. The fraction of sp³-hybridized carbons (Fsp3) is 0.346. The number of aromatic nitrogens is 3. The molecule has 1 atom stereocenters. The number of benzene rings is 2. The van der Waals surface area contributed by atoms with Crippen molar-refractivity contribution in [2.75, 3.05) is 0 Å². The van der Waals surface area contributed by atoms with Crippen molar-refractivity contribution in [2.45, 2.75) is 53.5 Å². The van der Waals surface area contributed by atoms with Crippen LogP contribution in [-0.4, -0.2) is 20.4 Å². The second-order valence-electron chi connectivity index (χ2n) is 9.59. The Morgan fingerprint density at radius 3 is 2.62 bits per heavy atom. The molecule has 0 unspecified atom stereocenters. The highest BCUT2D eigenvalue weighted by Crippen LogP contribution is 2.25. The minimum atomic E-state index is -0.152. The molecule has 0 aliphatic heterocycles. The molecular formula is C26H29BrN4O. The SMILES string of the molecule is CC[C@H](C)c1nc2ccc(Br)cc2c(=O)n1N=Cc1cn(CC(C)(C)C)c2ccccc12. The molecule has 0 bridgehead atoms. The zero-order valence-corrected chi connectivity index (χ0v) is 20.8. The number of hydrogen-bond donors (Lipinski definition) is 0. The summed E-state index contributed by atoms with van der Waals surface area (Å²) in [5, 5.41) is 6.35. The van der Waals surface area contributed by atoms with Crippen molar-refractivity contribution in [3.63, 3.8) is 0 Å². The molecular weight excluding hydrogens is 464 g/mol. The van der Waals surface area contributed by atoms with E-state index in [4.69, 9.17) is 4.98 Å². The molecule has 6 heteroatoms. The average Bonchev–Trinajstić information content (AvgIpc) is 3.08. The molecule has 4 aromatic rings. The Hall–Kier alpha value is -2.73. The third-order valence-electron chi connectivity index (χ3n) is 5.66. The van der Waals surface area contributed by atoms with Crippen LogP contribution in [0.5, 0.6) is 0 Å². The summed E-state index contributed by atoms with van der Waals surface area (Å²) in [5.74, 6) is 0.789.